The van der Waals surface area contributed by atoms with Crippen LogP contribution in [-0.4, -0.2) is 47.7 Å². The summed E-state index contributed by atoms with van der Waals surface area (Å²) in [5, 5.41) is 12.3. The molecule has 0 aliphatic heterocycles. The van der Waals surface area contributed by atoms with E-state index >= 15 is 0 Å². The van der Waals surface area contributed by atoms with Crippen molar-refractivity contribution in [2.75, 3.05) is 20.6 Å². The maximum absolute atomic E-state index is 11.5. The Kier molecular flexibility index (Phi) is 3.41. The normalized spacial score (nSPS) is 19.9. The molecule has 1 rings (SSSR count). The van der Waals surface area contributed by atoms with Crippen LogP contribution in [0.1, 0.15) is 33.1 Å². The van der Waals surface area contributed by atoms with Gasteiger partial charge in [0, 0.05) is 12.1 Å². The SMILES string of the molecule is CN(C)C1(CNC(=O)C(C)(C)O)CCC1. The van der Waals surface area contributed by atoms with Gasteiger partial charge in [0.2, 0.25) is 0 Å². The van der Waals surface area contributed by atoms with E-state index < -0.39 is 5.60 Å². The lowest BCUT2D eigenvalue weighted by atomic mass is 9.75. The molecule has 2 N–H and O–H groups in total. The first kappa shape index (κ1) is 12.5. The van der Waals surface area contributed by atoms with Crippen molar-refractivity contribution >= 4 is 5.91 Å². The Balaban J connectivity index is 2.46. The van der Waals surface area contributed by atoms with E-state index in [1.54, 1.807) is 0 Å². The number of hydrogen-bond acceptors (Lipinski definition) is 3. The molecule has 15 heavy (non-hydrogen) atoms. The van der Waals surface area contributed by atoms with Crippen molar-refractivity contribution in [3.8, 4) is 0 Å². The van der Waals surface area contributed by atoms with Crippen molar-refractivity contribution in [1.82, 2.24) is 10.2 Å². The molecule has 88 valence electrons. The Morgan fingerprint density at radius 2 is 2.00 bits per heavy atom. The molecule has 0 bridgehead atoms. The standard InChI is InChI=1S/C11H22N2O2/c1-10(2,15)9(14)12-8-11(13(3)4)6-5-7-11/h15H,5-8H2,1-4H3,(H,12,14). The Labute approximate surface area is 91.6 Å². The summed E-state index contributed by atoms with van der Waals surface area (Å²) in [7, 11) is 4.07. The van der Waals surface area contributed by atoms with E-state index in [0.29, 0.717) is 6.54 Å². The number of aliphatic hydroxyl groups is 1. The van der Waals surface area contributed by atoms with Crippen LogP contribution in [0, 0.1) is 0 Å². The van der Waals surface area contributed by atoms with Crippen LogP contribution >= 0.6 is 0 Å². The quantitative estimate of drug-likeness (QED) is 0.710. The van der Waals surface area contributed by atoms with Crippen LogP contribution in [-0.2, 0) is 4.79 Å². The van der Waals surface area contributed by atoms with Crippen LogP contribution in [0.5, 0.6) is 0 Å². The summed E-state index contributed by atoms with van der Waals surface area (Å²) in [6, 6.07) is 0. The molecule has 1 aliphatic carbocycles. The highest BCUT2D eigenvalue weighted by Gasteiger charge is 2.40. The molecule has 0 spiro atoms. The highest BCUT2D eigenvalue weighted by atomic mass is 16.3. The topological polar surface area (TPSA) is 52.6 Å². The van der Waals surface area contributed by atoms with Gasteiger partial charge in [-0.2, -0.15) is 0 Å². The fraction of sp³-hybridized carbons (Fsp3) is 0.909. The van der Waals surface area contributed by atoms with Gasteiger partial charge in [0.05, 0.1) is 0 Å². The van der Waals surface area contributed by atoms with Crippen LogP contribution in [0.4, 0.5) is 0 Å². The number of nitrogens with zero attached hydrogens (tertiary/aromatic N) is 1. The third-order valence-corrected chi connectivity index (χ3v) is 3.37. The van der Waals surface area contributed by atoms with Gasteiger partial charge in [-0.25, -0.2) is 0 Å². The van der Waals surface area contributed by atoms with E-state index in [-0.39, 0.29) is 11.4 Å². The summed E-state index contributed by atoms with van der Waals surface area (Å²) >= 11 is 0. The Hall–Kier alpha value is -0.610. The summed E-state index contributed by atoms with van der Waals surface area (Å²) < 4.78 is 0. The fourth-order valence-corrected chi connectivity index (χ4v) is 1.83. The highest BCUT2D eigenvalue weighted by molar-refractivity contribution is 5.83. The van der Waals surface area contributed by atoms with Gasteiger partial charge in [0.15, 0.2) is 0 Å². The predicted molar refractivity (Wildman–Crippen MR) is 59.6 cm³/mol. The zero-order valence-corrected chi connectivity index (χ0v) is 10.1. The molecule has 0 aromatic carbocycles. The molecule has 1 saturated carbocycles. The van der Waals surface area contributed by atoms with Crippen LogP contribution in [0.3, 0.4) is 0 Å². The monoisotopic (exact) mass is 214 g/mol. The molecule has 1 amide bonds. The van der Waals surface area contributed by atoms with E-state index in [0.717, 1.165) is 12.8 Å². The lowest BCUT2D eigenvalue weighted by Crippen LogP contribution is -2.59. The first-order valence-electron chi connectivity index (χ1n) is 5.46. The lowest BCUT2D eigenvalue weighted by molar-refractivity contribution is -0.137. The molecule has 0 radical (unpaired) electrons. The van der Waals surface area contributed by atoms with Crippen molar-refractivity contribution in [1.29, 1.82) is 0 Å². The van der Waals surface area contributed by atoms with Crippen LogP contribution in [0.25, 0.3) is 0 Å². The van der Waals surface area contributed by atoms with Gasteiger partial charge in [-0.3, -0.25) is 4.79 Å². The second kappa shape index (κ2) is 4.10. The second-order valence-electron chi connectivity index (χ2n) is 5.21. The number of rotatable bonds is 4. The zero-order valence-electron chi connectivity index (χ0n) is 10.1. The van der Waals surface area contributed by atoms with E-state index in [4.69, 9.17) is 0 Å². The maximum Gasteiger partial charge on any atom is 0.251 e. The largest absolute Gasteiger partial charge is 0.381 e. The predicted octanol–water partition coefficient (Wildman–Crippen LogP) is 0.358. The van der Waals surface area contributed by atoms with Crippen molar-refractivity contribution in [2.45, 2.75) is 44.2 Å². The minimum Gasteiger partial charge on any atom is -0.381 e. The number of likely N-dealkylation sites (N-methyl/N-ethyl adjacent to an activating group) is 1. The molecule has 0 atom stereocenters. The first-order valence-corrected chi connectivity index (χ1v) is 5.46. The molecular formula is C11H22N2O2. The maximum atomic E-state index is 11.5. The summed E-state index contributed by atoms with van der Waals surface area (Å²) in [6.07, 6.45) is 3.45. The van der Waals surface area contributed by atoms with E-state index in [2.05, 4.69) is 10.2 Å². The first-order chi connectivity index (χ1) is 6.78. The highest BCUT2D eigenvalue weighted by Crippen LogP contribution is 2.35. The second-order valence-corrected chi connectivity index (χ2v) is 5.21. The van der Waals surface area contributed by atoms with Gasteiger partial charge in [0.25, 0.3) is 5.91 Å². The number of hydrogen-bond donors (Lipinski definition) is 2. The van der Waals surface area contributed by atoms with Gasteiger partial charge < -0.3 is 15.3 Å². The van der Waals surface area contributed by atoms with Gasteiger partial charge in [-0.1, -0.05) is 0 Å². The third-order valence-electron chi connectivity index (χ3n) is 3.37. The van der Waals surface area contributed by atoms with Gasteiger partial charge in [-0.15, -0.1) is 0 Å². The molecular weight excluding hydrogens is 192 g/mol. The van der Waals surface area contributed by atoms with Crippen molar-refractivity contribution in [2.24, 2.45) is 0 Å². The van der Waals surface area contributed by atoms with Gasteiger partial charge >= 0.3 is 0 Å². The van der Waals surface area contributed by atoms with Crippen molar-refractivity contribution in [3.05, 3.63) is 0 Å². The molecule has 0 unspecified atom stereocenters. The zero-order chi connectivity index (χ0) is 11.7. The molecule has 0 saturated heterocycles. The smallest absolute Gasteiger partial charge is 0.251 e. The van der Waals surface area contributed by atoms with Crippen molar-refractivity contribution in [3.63, 3.8) is 0 Å². The Morgan fingerprint density at radius 3 is 2.27 bits per heavy atom. The van der Waals surface area contributed by atoms with Crippen LogP contribution in [0.2, 0.25) is 0 Å². The Bertz CT molecular complexity index is 239. The Morgan fingerprint density at radius 1 is 1.47 bits per heavy atom. The van der Waals surface area contributed by atoms with E-state index in [1.165, 1.54) is 20.3 Å². The van der Waals surface area contributed by atoms with E-state index in [9.17, 15) is 9.90 Å². The van der Waals surface area contributed by atoms with Crippen LogP contribution < -0.4 is 5.32 Å². The molecule has 1 fully saturated rings. The number of amides is 1. The molecule has 4 nitrogen and oxygen atoms in total. The fourth-order valence-electron chi connectivity index (χ4n) is 1.83. The lowest BCUT2D eigenvalue weighted by Gasteiger charge is -2.47. The average Bonchev–Trinajstić information content (AvgIpc) is 1.99. The molecule has 0 heterocycles. The summed E-state index contributed by atoms with van der Waals surface area (Å²) in [5.41, 5.74) is -1.17. The third kappa shape index (κ3) is 2.69. The number of nitrogens with one attached hydrogen (secondary N) is 1. The molecule has 1 aliphatic rings. The minimum atomic E-state index is -1.28. The van der Waals surface area contributed by atoms with Crippen molar-refractivity contribution < 1.29 is 9.90 Å². The van der Waals surface area contributed by atoms with E-state index in [1.807, 2.05) is 14.1 Å². The number of carbonyl (C=O) groups excluding carboxylic acids is 1. The molecule has 0 aromatic heterocycles. The van der Waals surface area contributed by atoms with Gasteiger partial charge in [-0.05, 0) is 47.2 Å². The molecule has 0 aromatic rings. The summed E-state index contributed by atoms with van der Waals surface area (Å²) in [4.78, 5) is 13.7. The summed E-state index contributed by atoms with van der Waals surface area (Å²) in [5.74, 6) is -0.296. The minimum absolute atomic E-state index is 0.112. The summed E-state index contributed by atoms with van der Waals surface area (Å²) in [6.45, 7) is 3.64. The average molecular weight is 214 g/mol. The van der Waals surface area contributed by atoms with Crippen LogP contribution in [0.15, 0.2) is 0 Å². The number of carbonyl (C=O) groups is 1. The molecule has 4 heteroatoms. The van der Waals surface area contributed by atoms with Gasteiger partial charge in [0.1, 0.15) is 5.60 Å².